The molecule has 1 saturated heterocycles. The topological polar surface area (TPSA) is 55.3 Å². The third-order valence-electron chi connectivity index (χ3n) is 3.64. The molecule has 19 heavy (non-hydrogen) atoms. The van der Waals surface area contributed by atoms with Gasteiger partial charge < -0.3 is 9.64 Å². The van der Waals surface area contributed by atoms with Crippen LogP contribution in [0.4, 0.5) is 0 Å². The minimum atomic E-state index is -0.215. The van der Waals surface area contributed by atoms with E-state index in [-0.39, 0.29) is 5.97 Å². The van der Waals surface area contributed by atoms with Gasteiger partial charge in [0.2, 0.25) is 0 Å². The lowest BCUT2D eigenvalue weighted by molar-refractivity contribution is -0.140. The van der Waals surface area contributed by atoms with Gasteiger partial charge in [0.15, 0.2) is 0 Å². The number of rotatable bonds is 4. The van der Waals surface area contributed by atoms with Crippen molar-refractivity contribution in [1.29, 1.82) is 0 Å². The van der Waals surface area contributed by atoms with Gasteiger partial charge >= 0.3 is 5.97 Å². The van der Waals surface area contributed by atoms with Gasteiger partial charge in [0, 0.05) is 24.2 Å². The first-order valence-corrected chi connectivity index (χ1v) is 6.76. The molecule has 0 aromatic carbocycles. The standard InChI is InChI=1S/C14H21N3O2/c1-17-9-6-11(7-10-17)12-5-8-15-13(16-12)3-4-14(18)19-2/h5,8,11H,3-4,6-7,9-10H2,1-2H3. The molecule has 0 unspecified atom stereocenters. The van der Waals surface area contributed by atoms with Gasteiger partial charge in [0.1, 0.15) is 5.82 Å². The smallest absolute Gasteiger partial charge is 0.305 e. The second-order valence-corrected chi connectivity index (χ2v) is 5.05. The lowest BCUT2D eigenvalue weighted by Gasteiger charge is -2.28. The maximum Gasteiger partial charge on any atom is 0.305 e. The Morgan fingerprint density at radius 1 is 1.47 bits per heavy atom. The van der Waals surface area contributed by atoms with Gasteiger partial charge in [-0.2, -0.15) is 0 Å². The minimum Gasteiger partial charge on any atom is -0.469 e. The molecule has 0 amide bonds. The lowest BCUT2D eigenvalue weighted by atomic mass is 9.93. The zero-order chi connectivity index (χ0) is 13.7. The summed E-state index contributed by atoms with van der Waals surface area (Å²) in [5.74, 6) is 1.05. The van der Waals surface area contributed by atoms with Crippen molar-refractivity contribution in [2.75, 3.05) is 27.2 Å². The van der Waals surface area contributed by atoms with Crippen molar-refractivity contribution in [3.8, 4) is 0 Å². The van der Waals surface area contributed by atoms with E-state index in [1.807, 2.05) is 6.07 Å². The Bertz CT molecular complexity index is 428. The van der Waals surface area contributed by atoms with Crippen molar-refractivity contribution < 1.29 is 9.53 Å². The third kappa shape index (κ3) is 3.99. The van der Waals surface area contributed by atoms with E-state index in [9.17, 15) is 4.79 Å². The summed E-state index contributed by atoms with van der Waals surface area (Å²) < 4.78 is 4.63. The minimum absolute atomic E-state index is 0.215. The fourth-order valence-corrected chi connectivity index (χ4v) is 2.38. The van der Waals surface area contributed by atoms with Gasteiger partial charge in [-0.1, -0.05) is 0 Å². The van der Waals surface area contributed by atoms with Crippen molar-refractivity contribution in [2.45, 2.75) is 31.6 Å². The Balaban J connectivity index is 1.96. The first-order chi connectivity index (χ1) is 9.19. The molecule has 1 aromatic heterocycles. The molecule has 5 heteroatoms. The second-order valence-electron chi connectivity index (χ2n) is 5.05. The summed E-state index contributed by atoms with van der Waals surface area (Å²) in [4.78, 5) is 22.3. The molecule has 1 aliphatic heterocycles. The van der Waals surface area contributed by atoms with Gasteiger partial charge in [-0.15, -0.1) is 0 Å². The molecule has 0 N–H and O–H groups in total. The van der Waals surface area contributed by atoms with E-state index in [4.69, 9.17) is 0 Å². The van der Waals surface area contributed by atoms with Crippen LogP contribution < -0.4 is 0 Å². The Labute approximate surface area is 114 Å². The Kier molecular flexibility index (Phi) is 4.85. The average Bonchev–Trinajstić information content (AvgIpc) is 2.46. The first kappa shape index (κ1) is 13.9. The molecule has 0 saturated carbocycles. The van der Waals surface area contributed by atoms with Crippen LogP contribution in [0, 0.1) is 0 Å². The number of methoxy groups -OCH3 is 1. The summed E-state index contributed by atoms with van der Waals surface area (Å²) in [6, 6.07) is 2.00. The number of carbonyl (C=O) groups excluding carboxylic acids is 1. The summed E-state index contributed by atoms with van der Waals surface area (Å²) in [5.41, 5.74) is 1.11. The quantitative estimate of drug-likeness (QED) is 0.768. The summed E-state index contributed by atoms with van der Waals surface area (Å²) in [6.07, 6.45) is 4.97. The molecule has 0 aliphatic carbocycles. The number of carbonyl (C=O) groups is 1. The molecule has 0 spiro atoms. The van der Waals surface area contributed by atoms with Crippen molar-refractivity contribution in [2.24, 2.45) is 0 Å². The van der Waals surface area contributed by atoms with Crippen molar-refractivity contribution in [1.82, 2.24) is 14.9 Å². The number of aromatic nitrogens is 2. The SMILES string of the molecule is COC(=O)CCc1nccc(C2CCN(C)CC2)n1. The number of ether oxygens (including phenoxy) is 1. The average molecular weight is 263 g/mol. The van der Waals surface area contributed by atoms with Gasteiger partial charge in [-0.3, -0.25) is 4.79 Å². The summed E-state index contributed by atoms with van der Waals surface area (Å²) in [6.45, 7) is 2.23. The zero-order valence-electron chi connectivity index (χ0n) is 11.6. The monoisotopic (exact) mass is 263 g/mol. The number of aryl methyl sites for hydroxylation is 1. The van der Waals surface area contributed by atoms with Gasteiger partial charge in [-0.05, 0) is 39.0 Å². The molecule has 1 fully saturated rings. The number of nitrogens with zero attached hydrogens (tertiary/aromatic N) is 3. The van der Waals surface area contributed by atoms with Crippen LogP contribution in [0.5, 0.6) is 0 Å². The van der Waals surface area contributed by atoms with Gasteiger partial charge in [-0.25, -0.2) is 9.97 Å². The van der Waals surface area contributed by atoms with E-state index < -0.39 is 0 Å². The predicted molar refractivity (Wildman–Crippen MR) is 71.8 cm³/mol. The molecule has 5 nitrogen and oxygen atoms in total. The third-order valence-corrected chi connectivity index (χ3v) is 3.64. The van der Waals surface area contributed by atoms with E-state index in [0.29, 0.717) is 18.8 Å². The van der Waals surface area contributed by atoms with Crippen LogP contribution >= 0.6 is 0 Å². The van der Waals surface area contributed by atoms with E-state index in [1.54, 1.807) is 6.20 Å². The van der Waals surface area contributed by atoms with Crippen LogP contribution in [-0.2, 0) is 16.0 Å². The van der Waals surface area contributed by atoms with Crippen LogP contribution in [0.25, 0.3) is 0 Å². The molecular formula is C14H21N3O2. The highest BCUT2D eigenvalue weighted by atomic mass is 16.5. The largest absolute Gasteiger partial charge is 0.469 e. The maximum atomic E-state index is 11.1. The first-order valence-electron chi connectivity index (χ1n) is 6.76. The number of hydrogen-bond acceptors (Lipinski definition) is 5. The van der Waals surface area contributed by atoms with Crippen molar-refractivity contribution in [3.63, 3.8) is 0 Å². The Morgan fingerprint density at radius 2 is 2.21 bits per heavy atom. The molecule has 0 radical (unpaired) electrons. The number of hydrogen-bond donors (Lipinski definition) is 0. The molecule has 1 aromatic rings. The molecule has 2 heterocycles. The van der Waals surface area contributed by atoms with Crippen LogP contribution in [0.15, 0.2) is 12.3 Å². The molecule has 0 bridgehead atoms. The molecule has 2 rings (SSSR count). The normalized spacial score (nSPS) is 17.4. The highest BCUT2D eigenvalue weighted by Gasteiger charge is 2.19. The van der Waals surface area contributed by atoms with Crippen LogP contribution in [0.3, 0.4) is 0 Å². The van der Waals surface area contributed by atoms with Gasteiger partial charge in [0.25, 0.3) is 0 Å². The Hall–Kier alpha value is -1.49. The predicted octanol–water partition coefficient (Wildman–Crippen LogP) is 1.39. The Morgan fingerprint density at radius 3 is 2.89 bits per heavy atom. The number of esters is 1. The molecule has 0 atom stereocenters. The lowest BCUT2D eigenvalue weighted by Crippen LogP contribution is -2.29. The molecule has 1 aliphatic rings. The van der Waals surface area contributed by atoms with Crippen LogP contribution in [0.2, 0.25) is 0 Å². The summed E-state index contributed by atoms with van der Waals surface area (Å²) in [5, 5.41) is 0. The molecular weight excluding hydrogens is 242 g/mol. The zero-order valence-corrected chi connectivity index (χ0v) is 11.6. The number of likely N-dealkylation sites (tertiary alicyclic amines) is 1. The molecule has 104 valence electrons. The van der Waals surface area contributed by atoms with Gasteiger partial charge in [0.05, 0.1) is 13.5 Å². The van der Waals surface area contributed by atoms with E-state index in [1.165, 1.54) is 7.11 Å². The van der Waals surface area contributed by atoms with Crippen LogP contribution in [0.1, 0.15) is 36.7 Å². The van der Waals surface area contributed by atoms with Crippen LogP contribution in [-0.4, -0.2) is 48.1 Å². The fraction of sp³-hybridized carbons (Fsp3) is 0.643. The second kappa shape index (κ2) is 6.61. The highest BCUT2D eigenvalue weighted by Crippen LogP contribution is 2.25. The van der Waals surface area contributed by atoms with Crippen molar-refractivity contribution in [3.05, 3.63) is 23.8 Å². The van der Waals surface area contributed by atoms with E-state index in [2.05, 4.69) is 26.7 Å². The summed E-state index contributed by atoms with van der Waals surface area (Å²) in [7, 11) is 3.55. The number of piperidine rings is 1. The summed E-state index contributed by atoms with van der Waals surface area (Å²) >= 11 is 0. The maximum absolute atomic E-state index is 11.1. The van der Waals surface area contributed by atoms with E-state index in [0.717, 1.165) is 37.4 Å². The fourth-order valence-electron chi connectivity index (χ4n) is 2.38. The highest BCUT2D eigenvalue weighted by molar-refractivity contribution is 5.69. The van der Waals surface area contributed by atoms with Crippen molar-refractivity contribution >= 4 is 5.97 Å². The van der Waals surface area contributed by atoms with E-state index >= 15 is 0 Å².